The number of sulfonamides is 4. The summed E-state index contributed by atoms with van der Waals surface area (Å²) in [5.74, 6) is 1.78. The summed E-state index contributed by atoms with van der Waals surface area (Å²) < 4.78 is 110. The van der Waals surface area contributed by atoms with Crippen LogP contribution >= 0.6 is 0 Å². The maximum absolute atomic E-state index is 11.9. The predicted molar refractivity (Wildman–Crippen MR) is 253 cm³/mol. The molecule has 0 N–H and O–H groups in total. The third-order valence-electron chi connectivity index (χ3n) is 9.59. The van der Waals surface area contributed by atoms with Gasteiger partial charge in [0.2, 0.25) is 40.1 Å². The first kappa shape index (κ1) is 56.1. The summed E-state index contributed by atoms with van der Waals surface area (Å²) in [6.45, 7) is 10.4. The zero-order chi connectivity index (χ0) is 46.4. The molecule has 66 heavy (non-hydrogen) atoms. The molecule has 8 rings (SSSR count). The minimum Gasteiger partial charge on any atom is -0.469 e. The number of hydrogen-bond acceptors (Lipinski definition) is 8. The Hall–Kier alpha value is -4.19. The monoisotopic (exact) mass is 1150 g/mol. The molecule has 4 aliphatic rings. The summed E-state index contributed by atoms with van der Waals surface area (Å²) in [6, 6.07) is 26.7. The molecule has 22 heteroatoms. The summed E-state index contributed by atoms with van der Waals surface area (Å²) in [6.07, 6.45) is 6.20. The summed E-state index contributed by atoms with van der Waals surface area (Å²) in [5, 5.41) is 16.1. The first-order valence-corrected chi connectivity index (χ1v) is 26.4. The molecular formula is C44H52N8O8Rh2S4. The summed E-state index contributed by atoms with van der Waals surface area (Å²) >= 11 is 0. The fourth-order valence-corrected chi connectivity index (χ4v) is 10.0. The van der Waals surface area contributed by atoms with E-state index in [9.17, 15) is 33.7 Å². The van der Waals surface area contributed by atoms with Crippen LogP contribution in [0.15, 0.2) is 134 Å². The number of rotatable bonds is 8. The van der Waals surface area contributed by atoms with E-state index in [4.69, 9.17) is 0 Å². The van der Waals surface area contributed by atoms with Crippen LogP contribution in [0.3, 0.4) is 0 Å². The molecule has 0 atom stereocenters. The number of aryl methyl sites for hydroxylation is 4. The van der Waals surface area contributed by atoms with Crippen LogP contribution < -0.4 is 0 Å². The van der Waals surface area contributed by atoms with Crippen molar-refractivity contribution in [1.82, 2.24) is 0 Å². The van der Waals surface area contributed by atoms with E-state index in [1.54, 1.807) is 97.1 Å². The van der Waals surface area contributed by atoms with Gasteiger partial charge in [0.25, 0.3) is 0 Å². The SMILES string of the molecule is Cc1ccc(S(=O)(=O)/N=C2\CCC[N-]2)cc1.Cc1ccc(S(=O)(=O)/N=C2\CCC[N-]2)cc1.Cc1ccc(S(=O)(=O)/N=C2\CCC[N-]2)cc1.Cc1ccc(S(=O)(=O)/N=C2\CCC[N-]2)cc1.[Rh+2].[Rh+2]. The first-order valence-electron chi connectivity index (χ1n) is 20.6. The van der Waals surface area contributed by atoms with Crippen molar-refractivity contribution in [2.45, 2.75) is 98.6 Å². The van der Waals surface area contributed by atoms with E-state index in [1.807, 2.05) is 27.7 Å². The minimum absolute atomic E-state index is 0. The Kier molecular flexibility index (Phi) is 21.9. The largest absolute Gasteiger partial charge is 2.00 e. The smallest absolute Gasteiger partial charge is 0.469 e. The van der Waals surface area contributed by atoms with E-state index in [0.717, 1.165) is 47.9 Å². The van der Waals surface area contributed by atoms with Gasteiger partial charge in [-0.05, 0) is 102 Å². The Morgan fingerprint density at radius 3 is 0.621 bits per heavy atom. The number of hydrogen-bond donors (Lipinski definition) is 0. The summed E-state index contributed by atoms with van der Waals surface area (Å²) in [5.41, 5.74) is 4.10. The molecule has 2 radical (unpaired) electrons. The Morgan fingerprint density at radius 1 is 0.318 bits per heavy atom. The third-order valence-corrected chi connectivity index (χ3v) is 14.9. The molecule has 358 valence electrons. The van der Waals surface area contributed by atoms with Gasteiger partial charge in [0.15, 0.2) is 0 Å². The molecule has 0 spiro atoms. The molecule has 0 bridgehead atoms. The average molecular weight is 1160 g/mol. The quantitative estimate of drug-likeness (QED) is 0.154. The molecule has 16 nitrogen and oxygen atoms in total. The second-order valence-corrected chi connectivity index (χ2v) is 21.5. The third kappa shape index (κ3) is 17.8. The standard InChI is InChI=1S/4C11H13N2O2S.2Rh/c4*1-9-4-6-10(7-5-9)16(14,15)13-11-3-2-8-12-11;;/h4*4-7H,2-3,8H2,1H3;;/q4*-1;2*+2. The molecule has 0 amide bonds. The molecule has 4 heterocycles. The Balaban J connectivity index is 0.000000231. The van der Waals surface area contributed by atoms with Gasteiger partial charge in [-0.25, -0.2) is 33.7 Å². The molecule has 0 aliphatic carbocycles. The fraction of sp³-hybridized carbons (Fsp3) is 0.364. The Labute approximate surface area is 415 Å². The van der Waals surface area contributed by atoms with Crippen molar-refractivity contribution in [2.24, 2.45) is 17.6 Å². The second kappa shape index (κ2) is 25.8. The molecule has 4 aromatic carbocycles. The zero-order valence-electron chi connectivity index (χ0n) is 36.9. The first-order chi connectivity index (χ1) is 30.3. The number of nitrogens with zero attached hydrogens (tertiary/aromatic N) is 8. The van der Waals surface area contributed by atoms with E-state index >= 15 is 0 Å². The summed E-state index contributed by atoms with van der Waals surface area (Å²) in [4.78, 5) is 0.917. The van der Waals surface area contributed by atoms with E-state index < -0.39 is 40.1 Å². The molecule has 4 fully saturated rings. The van der Waals surface area contributed by atoms with Crippen LogP contribution in [-0.2, 0) is 79.0 Å². The Morgan fingerprint density at radius 2 is 0.485 bits per heavy atom. The van der Waals surface area contributed by atoms with Crippen molar-refractivity contribution in [2.75, 3.05) is 26.2 Å². The van der Waals surface area contributed by atoms with Crippen molar-refractivity contribution in [3.63, 3.8) is 0 Å². The van der Waals surface area contributed by atoms with Crippen LogP contribution in [0, 0.1) is 27.7 Å². The van der Waals surface area contributed by atoms with Crippen LogP contribution in [0.25, 0.3) is 21.3 Å². The predicted octanol–water partition coefficient (Wildman–Crippen LogP) is 8.99. The zero-order valence-corrected chi connectivity index (χ0v) is 43.4. The molecule has 0 saturated carbocycles. The van der Waals surface area contributed by atoms with Crippen LogP contribution in [-0.4, -0.2) is 83.2 Å². The van der Waals surface area contributed by atoms with Gasteiger partial charge in [-0.2, -0.15) is 0 Å². The molecule has 4 aliphatic heterocycles. The molecule has 0 aromatic heterocycles. The normalized spacial score (nSPS) is 18.1. The molecule has 4 aromatic rings. The van der Waals surface area contributed by atoms with E-state index in [-0.39, 0.29) is 58.5 Å². The summed E-state index contributed by atoms with van der Waals surface area (Å²) in [7, 11) is -14.3. The fourth-order valence-electron chi connectivity index (χ4n) is 6.00. The van der Waals surface area contributed by atoms with Crippen LogP contribution in [0.2, 0.25) is 0 Å². The van der Waals surface area contributed by atoms with E-state index in [2.05, 4.69) is 38.9 Å². The van der Waals surface area contributed by atoms with Crippen molar-refractivity contribution in [3.05, 3.63) is 141 Å². The maximum atomic E-state index is 11.9. The topological polar surface area (TPSA) is 242 Å². The van der Waals surface area contributed by atoms with Crippen molar-refractivity contribution in [1.29, 1.82) is 0 Å². The minimum atomic E-state index is -3.57. The van der Waals surface area contributed by atoms with Gasteiger partial charge in [0.1, 0.15) is 0 Å². The van der Waals surface area contributed by atoms with Crippen molar-refractivity contribution < 1.29 is 72.6 Å². The van der Waals surface area contributed by atoms with E-state index in [1.165, 1.54) is 0 Å². The average Bonchev–Trinajstić information content (AvgIpc) is 4.11. The van der Waals surface area contributed by atoms with Crippen molar-refractivity contribution >= 4 is 63.4 Å². The number of amidine groups is 4. The van der Waals surface area contributed by atoms with Gasteiger partial charge < -0.3 is 38.9 Å². The van der Waals surface area contributed by atoms with Crippen LogP contribution in [0.4, 0.5) is 0 Å². The second-order valence-electron chi connectivity index (χ2n) is 15.1. The Bertz CT molecular complexity index is 2380. The maximum Gasteiger partial charge on any atom is 2.00 e. The van der Waals surface area contributed by atoms with Crippen LogP contribution in [0.5, 0.6) is 0 Å². The molecule has 4 saturated heterocycles. The van der Waals surface area contributed by atoms with Crippen LogP contribution in [0.1, 0.15) is 73.6 Å². The van der Waals surface area contributed by atoms with E-state index in [0.29, 0.717) is 75.2 Å². The molecule has 0 unspecified atom stereocenters. The van der Waals surface area contributed by atoms with Gasteiger partial charge in [0, 0.05) is 0 Å². The van der Waals surface area contributed by atoms with Gasteiger partial charge >= 0.3 is 39.0 Å². The van der Waals surface area contributed by atoms with Gasteiger partial charge in [-0.15, -0.1) is 0 Å². The van der Waals surface area contributed by atoms with Crippen molar-refractivity contribution in [3.8, 4) is 0 Å². The molecular weight excluding hydrogens is 1100 g/mol. The number of benzene rings is 4. The van der Waals surface area contributed by atoms with Gasteiger partial charge in [-0.3, -0.25) is 0 Å². The van der Waals surface area contributed by atoms with Gasteiger partial charge in [-0.1, -0.05) is 146 Å². The van der Waals surface area contributed by atoms with Gasteiger partial charge in [0.05, 0.1) is 19.6 Å².